The molecule has 19 heavy (non-hydrogen) atoms. The van der Waals surface area contributed by atoms with E-state index in [9.17, 15) is 0 Å². The molecule has 4 nitrogen and oxygen atoms in total. The largest absolute Gasteiger partial charge is 0.383 e. The predicted octanol–water partition coefficient (Wildman–Crippen LogP) is 3.79. The molecule has 0 aromatic carbocycles. The minimum Gasteiger partial charge on any atom is -0.383 e. The van der Waals surface area contributed by atoms with Crippen LogP contribution in [0.5, 0.6) is 0 Å². The number of nitrogen functional groups attached to an aromatic ring is 1. The molecule has 2 unspecified atom stereocenters. The van der Waals surface area contributed by atoms with Crippen LogP contribution in [0.3, 0.4) is 0 Å². The molecule has 0 amide bonds. The van der Waals surface area contributed by atoms with Crippen molar-refractivity contribution in [1.82, 2.24) is 14.5 Å². The van der Waals surface area contributed by atoms with E-state index in [1.54, 1.807) is 6.33 Å². The van der Waals surface area contributed by atoms with Crippen LogP contribution < -0.4 is 5.73 Å². The first-order chi connectivity index (χ1) is 9.29. The quantitative estimate of drug-likeness (QED) is 0.893. The maximum atomic E-state index is 5.86. The van der Waals surface area contributed by atoms with Crippen molar-refractivity contribution >= 4 is 16.9 Å². The van der Waals surface area contributed by atoms with Gasteiger partial charge in [-0.25, -0.2) is 9.97 Å². The first-order valence-electron chi connectivity index (χ1n) is 7.36. The zero-order valence-corrected chi connectivity index (χ0v) is 12.1. The Labute approximate surface area is 115 Å². The molecular formula is C15H24N4. The summed E-state index contributed by atoms with van der Waals surface area (Å²) in [4.78, 5) is 8.40. The van der Waals surface area contributed by atoms with Crippen LogP contribution in [0, 0.1) is 5.92 Å². The van der Waals surface area contributed by atoms with Crippen LogP contribution in [0.4, 0.5) is 5.82 Å². The third-order valence-corrected chi connectivity index (χ3v) is 4.02. The molecule has 104 valence electrons. The van der Waals surface area contributed by atoms with Gasteiger partial charge in [0.1, 0.15) is 17.8 Å². The molecule has 1 aliphatic carbocycles. The molecule has 1 saturated carbocycles. The van der Waals surface area contributed by atoms with Gasteiger partial charge in [-0.1, -0.05) is 27.2 Å². The summed E-state index contributed by atoms with van der Waals surface area (Å²) in [6.45, 7) is 6.28. The highest BCUT2D eigenvalue weighted by atomic mass is 15.1. The fourth-order valence-corrected chi connectivity index (χ4v) is 2.96. The Morgan fingerprint density at radius 2 is 2.11 bits per heavy atom. The van der Waals surface area contributed by atoms with Gasteiger partial charge in [-0.3, -0.25) is 0 Å². The lowest BCUT2D eigenvalue weighted by Crippen LogP contribution is -2.05. The molecule has 0 saturated heterocycles. The van der Waals surface area contributed by atoms with Crippen molar-refractivity contribution < 1.29 is 0 Å². The van der Waals surface area contributed by atoms with Gasteiger partial charge in [0.2, 0.25) is 0 Å². The molecule has 1 fully saturated rings. The van der Waals surface area contributed by atoms with Crippen LogP contribution in [-0.2, 0) is 0 Å². The third-order valence-electron chi connectivity index (χ3n) is 4.02. The summed E-state index contributed by atoms with van der Waals surface area (Å²) in [6.07, 6.45) is 8.81. The molecule has 0 spiro atoms. The highest BCUT2D eigenvalue weighted by molar-refractivity contribution is 5.86. The second-order valence-corrected chi connectivity index (χ2v) is 4.96. The molecule has 2 heterocycles. The van der Waals surface area contributed by atoms with E-state index in [-0.39, 0.29) is 0 Å². The van der Waals surface area contributed by atoms with Crippen molar-refractivity contribution in [3.8, 4) is 0 Å². The first-order valence-corrected chi connectivity index (χ1v) is 7.36. The zero-order chi connectivity index (χ0) is 13.8. The topological polar surface area (TPSA) is 56.7 Å². The van der Waals surface area contributed by atoms with Crippen LogP contribution >= 0.6 is 0 Å². The molecular weight excluding hydrogens is 236 g/mol. The molecule has 0 radical (unpaired) electrons. The second-order valence-electron chi connectivity index (χ2n) is 4.96. The standard InChI is InChI=1S/C13H18N4.C2H6/c1-2-9-3-4-10(7-9)17-6-5-11-12(14)15-8-16-13(11)17;1-2/h5-6,8-10H,2-4,7H2,1H3,(H2,14,15,16);1-2H3. The normalized spacial score (nSPS) is 22.3. The molecule has 2 N–H and O–H groups in total. The van der Waals surface area contributed by atoms with E-state index in [2.05, 4.69) is 27.7 Å². The Morgan fingerprint density at radius 1 is 1.32 bits per heavy atom. The van der Waals surface area contributed by atoms with Gasteiger partial charge in [0.05, 0.1) is 5.39 Å². The summed E-state index contributed by atoms with van der Waals surface area (Å²) < 4.78 is 2.28. The Kier molecular flexibility index (Phi) is 4.40. The zero-order valence-electron chi connectivity index (χ0n) is 12.1. The average molecular weight is 260 g/mol. The molecule has 3 rings (SSSR count). The van der Waals surface area contributed by atoms with E-state index >= 15 is 0 Å². The van der Waals surface area contributed by atoms with Crippen molar-refractivity contribution in [3.63, 3.8) is 0 Å². The van der Waals surface area contributed by atoms with Crippen molar-refractivity contribution in [2.24, 2.45) is 5.92 Å². The van der Waals surface area contributed by atoms with E-state index in [0.29, 0.717) is 11.9 Å². The maximum Gasteiger partial charge on any atom is 0.145 e. The van der Waals surface area contributed by atoms with E-state index in [1.165, 1.54) is 25.7 Å². The van der Waals surface area contributed by atoms with E-state index < -0.39 is 0 Å². The van der Waals surface area contributed by atoms with Crippen molar-refractivity contribution in [2.75, 3.05) is 5.73 Å². The molecule has 2 atom stereocenters. The molecule has 1 aliphatic rings. The van der Waals surface area contributed by atoms with Gasteiger partial charge in [0.25, 0.3) is 0 Å². The monoisotopic (exact) mass is 260 g/mol. The van der Waals surface area contributed by atoms with Crippen LogP contribution in [0.25, 0.3) is 11.0 Å². The minimum atomic E-state index is 0.582. The number of nitrogens with zero attached hydrogens (tertiary/aromatic N) is 3. The van der Waals surface area contributed by atoms with E-state index in [0.717, 1.165) is 17.0 Å². The lowest BCUT2D eigenvalue weighted by Gasteiger charge is -2.13. The minimum absolute atomic E-state index is 0.582. The summed E-state index contributed by atoms with van der Waals surface area (Å²) in [7, 11) is 0. The Hall–Kier alpha value is -1.58. The summed E-state index contributed by atoms with van der Waals surface area (Å²) in [5.41, 5.74) is 6.84. The lowest BCUT2D eigenvalue weighted by molar-refractivity contribution is 0.475. The average Bonchev–Trinajstić information content (AvgIpc) is 3.07. The van der Waals surface area contributed by atoms with Gasteiger partial charge in [-0.05, 0) is 31.2 Å². The molecule has 0 aliphatic heterocycles. The predicted molar refractivity (Wildman–Crippen MR) is 80.0 cm³/mol. The molecule has 2 aromatic rings. The fraction of sp³-hybridized carbons (Fsp3) is 0.600. The number of rotatable bonds is 2. The molecule has 2 aromatic heterocycles. The van der Waals surface area contributed by atoms with Crippen LogP contribution in [0.15, 0.2) is 18.6 Å². The van der Waals surface area contributed by atoms with E-state index in [1.807, 2.05) is 19.9 Å². The van der Waals surface area contributed by atoms with Gasteiger partial charge in [0, 0.05) is 12.2 Å². The van der Waals surface area contributed by atoms with Gasteiger partial charge < -0.3 is 10.3 Å². The number of hydrogen-bond donors (Lipinski definition) is 1. The number of anilines is 1. The maximum absolute atomic E-state index is 5.86. The third kappa shape index (κ3) is 2.57. The summed E-state index contributed by atoms with van der Waals surface area (Å²) >= 11 is 0. The van der Waals surface area contributed by atoms with Crippen molar-refractivity contribution in [1.29, 1.82) is 0 Å². The smallest absolute Gasteiger partial charge is 0.145 e. The highest BCUT2D eigenvalue weighted by Gasteiger charge is 2.25. The Balaban J connectivity index is 0.000000637. The number of nitrogens with two attached hydrogens (primary N) is 1. The fourth-order valence-electron chi connectivity index (χ4n) is 2.96. The van der Waals surface area contributed by atoms with Gasteiger partial charge in [-0.15, -0.1) is 0 Å². The summed E-state index contributed by atoms with van der Waals surface area (Å²) in [5.74, 6) is 1.45. The number of fused-ring (bicyclic) bond motifs is 1. The lowest BCUT2D eigenvalue weighted by atomic mass is 10.1. The molecule has 0 bridgehead atoms. The van der Waals surface area contributed by atoms with Crippen molar-refractivity contribution in [3.05, 3.63) is 18.6 Å². The van der Waals surface area contributed by atoms with Crippen LogP contribution in [0.2, 0.25) is 0 Å². The van der Waals surface area contributed by atoms with Gasteiger partial charge in [0.15, 0.2) is 0 Å². The van der Waals surface area contributed by atoms with Gasteiger partial charge in [-0.2, -0.15) is 0 Å². The molecule has 4 heteroatoms. The van der Waals surface area contributed by atoms with E-state index in [4.69, 9.17) is 5.73 Å². The Bertz CT molecular complexity index is 532. The first kappa shape index (κ1) is 13.8. The van der Waals surface area contributed by atoms with Crippen molar-refractivity contribution in [2.45, 2.75) is 52.5 Å². The second kappa shape index (κ2) is 6.04. The SMILES string of the molecule is CC.CCC1CCC(n2ccc3c(N)ncnc32)C1. The summed E-state index contributed by atoms with van der Waals surface area (Å²) in [6, 6.07) is 2.62. The highest BCUT2D eigenvalue weighted by Crippen LogP contribution is 2.38. The van der Waals surface area contributed by atoms with Crippen LogP contribution in [-0.4, -0.2) is 14.5 Å². The Morgan fingerprint density at radius 3 is 2.79 bits per heavy atom. The van der Waals surface area contributed by atoms with Crippen LogP contribution in [0.1, 0.15) is 52.5 Å². The van der Waals surface area contributed by atoms with Gasteiger partial charge >= 0.3 is 0 Å². The summed E-state index contributed by atoms with van der Waals surface area (Å²) in [5, 5.41) is 0.979. The number of hydrogen-bond acceptors (Lipinski definition) is 3. The number of aromatic nitrogens is 3.